The maximum absolute atomic E-state index is 14.3. The lowest BCUT2D eigenvalue weighted by atomic mass is 10.2. The maximum atomic E-state index is 14.3. The molecule has 114 valence electrons. The molecule has 2 aromatic heterocycles. The molecule has 0 amide bonds. The van der Waals surface area contributed by atoms with Crippen LogP contribution in [0.2, 0.25) is 0 Å². The summed E-state index contributed by atoms with van der Waals surface area (Å²) in [6, 6.07) is 6.92. The Balaban J connectivity index is 1.79. The SMILES string of the molecule is Cc1nccn1-c1ccc(CNc2nccnc2C#N)cc1F. The van der Waals surface area contributed by atoms with Crippen molar-refractivity contribution < 1.29 is 4.39 Å². The van der Waals surface area contributed by atoms with Gasteiger partial charge >= 0.3 is 0 Å². The van der Waals surface area contributed by atoms with Gasteiger partial charge in [0.05, 0.1) is 5.69 Å². The summed E-state index contributed by atoms with van der Waals surface area (Å²) in [5, 5.41) is 12.0. The Hall–Kier alpha value is -3.27. The molecule has 6 nitrogen and oxygen atoms in total. The lowest BCUT2D eigenvalue weighted by Crippen LogP contribution is -2.06. The first kappa shape index (κ1) is 14.7. The summed E-state index contributed by atoms with van der Waals surface area (Å²) in [7, 11) is 0. The second-order valence-electron chi connectivity index (χ2n) is 4.85. The molecule has 0 atom stereocenters. The van der Waals surface area contributed by atoms with Crippen LogP contribution in [0.15, 0.2) is 43.0 Å². The molecule has 0 aliphatic carbocycles. The third kappa shape index (κ3) is 3.01. The summed E-state index contributed by atoms with van der Waals surface area (Å²) >= 11 is 0. The van der Waals surface area contributed by atoms with Crippen molar-refractivity contribution in [2.45, 2.75) is 13.5 Å². The number of aryl methyl sites for hydroxylation is 1. The van der Waals surface area contributed by atoms with Crippen LogP contribution in [-0.2, 0) is 6.54 Å². The van der Waals surface area contributed by atoms with Gasteiger partial charge in [0, 0.05) is 31.3 Å². The quantitative estimate of drug-likeness (QED) is 0.801. The summed E-state index contributed by atoms with van der Waals surface area (Å²) in [5.41, 5.74) is 1.39. The fourth-order valence-corrected chi connectivity index (χ4v) is 2.22. The van der Waals surface area contributed by atoms with E-state index in [1.165, 1.54) is 18.5 Å². The molecule has 0 saturated carbocycles. The van der Waals surface area contributed by atoms with Crippen molar-refractivity contribution >= 4 is 5.82 Å². The Morgan fingerprint density at radius 3 is 2.74 bits per heavy atom. The third-order valence-electron chi connectivity index (χ3n) is 3.36. The van der Waals surface area contributed by atoms with E-state index in [2.05, 4.69) is 20.3 Å². The lowest BCUT2D eigenvalue weighted by Gasteiger charge is -2.10. The number of rotatable bonds is 4. The zero-order chi connectivity index (χ0) is 16.2. The van der Waals surface area contributed by atoms with Crippen LogP contribution in [0.25, 0.3) is 5.69 Å². The predicted octanol–water partition coefficient (Wildman–Crippen LogP) is 2.59. The number of anilines is 1. The molecule has 1 N–H and O–H groups in total. The smallest absolute Gasteiger partial charge is 0.182 e. The maximum Gasteiger partial charge on any atom is 0.182 e. The third-order valence-corrected chi connectivity index (χ3v) is 3.36. The Kier molecular flexibility index (Phi) is 3.97. The minimum atomic E-state index is -0.343. The van der Waals surface area contributed by atoms with Crippen molar-refractivity contribution in [1.29, 1.82) is 5.26 Å². The van der Waals surface area contributed by atoms with Crippen LogP contribution in [0.5, 0.6) is 0 Å². The summed E-state index contributed by atoms with van der Waals surface area (Å²) in [5.74, 6) is 0.753. The molecule has 2 heterocycles. The van der Waals surface area contributed by atoms with E-state index in [-0.39, 0.29) is 11.5 Å². The van der Waals surface area contributed by atoms with Gasteiger partial charge in [0.1, 0.15) is 17.7 Å². The van der Waals surface area contributed by atoms with E-state index >= 15 is 0 Å². The number of aromatic nitrogens is 4. The van der Waals surface area contributed by atoms with Gasteiger partial charge < -0.3 is 9.88 Å². The Labute approximate surface area is 132 Å². The average molecular weight is 308 g/mol. The predicted molar refractivity (Wildman–Crippen MR) is 82.3 cm³/mol. The van der Waals surface area contributed by atoms with Gasteiger partial charge in [-0.2, -0.15) is 5.26 Å². The highest BCUT2D eigenvalue weighted by Gasteiger charge is 2.09. The van der Waals surface area contributed by atoms with Crippen LogP contribution in [0, 0.1) is 24.1 Å². The number of hydrogen-bond donors (Lipinski definition) is 1. The van der Waals surface area contributed by atoms with Crippen LogP contribution < -0.4 is 5.32 Å². The summed E-state index contributed by atoms with van der Waals surface area (Å²) < 4.78 is 16.0. The molecule has 7 heteroatoms. The van der Waals surface area contributed by atoms with E-state index in [4.69, 9.17) is 5.26 Å². The Morgan fingerprint density at radius 1 is 1.22 bits per heavy atom. The van der Waals surface area contributed by atoms with Crippen LogP contribution >= 0.6 is 0 Å². The minimum Gasteiger partial charge on any atom is -0.364 e. The highest BCUT2D eigenvalue weighted by Crippen LogP contribution is 2.18. The van der Waals surface area contributed by atoms with Gasteiger partial charge in [-0.25, -0.2) is 19.3 Å². The lowest BCUT2D eigenvalue weighted by molar-refractivity contribution is 0.614. The highest BCUT2D eigenvalue weighted by atomic mass is 19.1. The molecule has 0 aliphatic heterocycles. The van der Waals surface area contributed by atoms with Crippen LogP contribution in [0.4, 0.5) is 10.2 Å². The van der Waals surface area contributed by atoms with Gasteiger partial charge in [0.15, 0.2) is 11.5 Å². The van der Waals surface area contributed by atoms with Crippen LogP contribution in [0.3, 0.4) is 0 Å². The molecule has 0 radical (unpaired) electrons. The minimum absolute atomic E-state index is 0.207. The number of benzene rings is 1. The van der Waals surface area contributed by atoms with Crippen LogP contribution in [-0.4, -0.2) is 19.5 Å². The number of hydrogen-bond acceptors (Lipinski definition) is 5. The molecule has 3 rings (SSSR count). The monoisotopic (exact) mass is 308 g/mol. The number of nitrogens with zero attached hydrogens (tertiary/aromatic N) is 5. The Morgan fingerprint density at radius 2 is 2.04 bits per heavy atom. The molecule has 0 unspecified atom stereocenters. The largest absolute Gasteiger partial charge is 0.364 e. The molecule has 0 spiro atoms. The topological polar surface area (TPSA) is 79.4 Å². The molecular formula is C16H13FN6. The van der Waals surface area contributed by atoms with E-state index in [1.54, 1.807) is 23.0 Å². The zero-order valence-corrected chi connectivity index (χ0v) is 12.4. The number of halogens is 1. The van der Waals surface area contributed by atoms with Gasteiger partial charge in [0.25, 0.3) is 0 Å². The van der Waals surface area contributed by atoms with Crippen molar-refractivity contribution in [3.05, 3.63) is 65.9 Å². The first-order valence-corrected chi connectivity index (χ1v) is 6.93. The average Bonchev–Trinajstić information content (AvgIpc) is 2.99. The summed E-state index contributed by atoms with van der Waals surface area (Å²) in [6.45, 7) is 2.15. The fourth-order valence-electron chi connectivity index (χ4n) is 2.22. The van der Waals surface area contributed by atoms with Gasteiger partial charge in [-0.3, -0.25) is 0 Å². The van der Waals surface area contributed by atoms with Crippen molar-refractivity contribution in [3.8, 4) is 11.8 Å². The van der Waals surface area contributed by atoms with Gasteiger partial charge in [-0.1, -0.05) is 6.07 Å². The normalized spacial score (nSPS) is 10.3. The van der Waals surface area contributed by atoms with Gasteiger partial charge in [-0.15, -0.1) is 0 Å². The van der Waals surface area contributed by atoms with Crippen molar-refractivity contribution in [3.63, 3.8) is 0 Å². The van der Waals surface area contributed by atoms with Gasteiger partial charge in [-0.05, 0) is 24.6 Å². The van der Waals surface area contributed by atoms with E-state index < -0.39 is 0 Å². The molecule has 0 bridgehead atoms. The first-order chi connectivity index (χ1) is 11.2. The number of nitriles is 1. The van der Waals surface area contributed by atoms with E-state index in [0.717, 1.165) is 5.56 Å². The molecule has 0 saturated heterocycles. The van der Waals surface area contributed by atoms with Crippen molar-refractivity contribution in [1.82, 2.24) is 19.5 Å². The Bertz CT molecular complexity index is 880. The summed E-state index contributed by atoms with van der Waals surface area (Å²) in [6.07, 6.45) is 6.28. The standard InChI is InChI=1S/C16H13FN6/c1-11-19-6-7-23(11)15-3-2-12(8-13(15)17)10-22-16-14(9-18)20-4-5-21-16/h2-8H,10H2,1H3,(H,21,22). The van der Waals surface area contributed by atoms with E-state index in [9.17, 15) is 4.39 Å². The fraction of sp³-hybridized carbons (Fsp3) is 0.125. The molecule has 0 fully saturated rings. The van der Waals surface area contributed by atoms with Crippen LogP contribution in [0.1, 0.15) is 17.1 Å². The second kappa shape index (κ2) is 6.23. The molecule has 0 aliphatic rings. The van der Waals surface area contributed by atoms with E-state index in [0.29, 0.717) is 23.9 Å². The molecule has 3 aromatic rings. The highest BCUT2D eigenvalue weighted by molar-refractivity contribution is 5.47. The zero-order valence-electron chi connectivity index (χ0n) is 12.4. The van der Waals surface area contributed by atoms with Crippen molar-refractivity contribution in [2.24, 2.45) is 0 Å². The van der Waals surface area contributed by atoms with E-state index in [1.807, 2.05) is 19.1 Å². The number of imidazole rings is 1. The summed E-state index contributed by atoms with van der Waals surface area (Å²) in [4.78, 5) is 12.1. The number of nitrogens with one attached hydrogen (secondary N) is 1. The molecule has 1 aromatic carbocycles. The molecular weight excluding hydrogens is 295 g/mol. The van der Waals surface area contributed by atoms with Gasteiger partial charge in [0.2, 0.25) is 0 Å². The second-order valence-corrected chi connectivity index (χ2v) is 4.85. The molecule has 23 heavy (non-hydrogen) atoms. The first-order valence-electron chi connectivity index (χ1n) is 6.93. The van der Waals surface area contributed by atoms with Crippen molar-refractivity contribution in [2.75, 3.05) is 5.32 Å².